The highest BCUT2D eigenvalue weighted by molar-refractivity contribution is 6.37. The first kappa shape index (κ1) is 24.2. The van der Waals surface area contributed by atoms with Crippen LogP contribution in [-0.2, 0) is 9.59 Å². The zero-order valence-corrected chi connectivity index (χ0v) is 20.4. The van der Waals surface area contributed by atoms with E-state index in [2.05, 4.69) is 15.5 Å². The van der Waals surface area contributed by atoms with E-state index < -0.39 is 4.92 Å². The summed E-state index contributed by atoms with van der Waals surface area (Å²) in [6.45, 7) is 2.32. The lowest BCUT2D eigenvalue weighted by Crippen LogP contribution is -2.37. The molecule has 0 radical (unpaired) electrons. The van der Waals surface area contributed by atoms with Crippen molar-refractivity contribution >= 4 is 45.8 Å². The van der Waals surface area contributed by atoms with Gasteiger partial charge in [0.2, 0.25) is 5.91 Å². The number of non-ortho nitro benzene ring substituents is 1. The van der Waals surface area contributed by atoms with E-state index in [0.717, 1.165) is 37.2 Å². The number of likely N-dealkylation sites (N-methyl/N-ethyl adjacent to an activating group) is 1. The second-order valence-electron chi connectivity index (χ2n) is 9.17. The fourth-order valence-corrected chi connectivity index (χ4v) is 4.70. The van der Waals surface area contributed by atoms with E-state index in [1.807, 2.05) is 54.6 Å². The van der Waals surface area contributed by atoms with Gasteiger partial charge in [-0.3, -0.25) is 24.6 Å². The molecule has 1 fully saturated rings. The smallest absolute Gasteiger partial charge is 0.270 e. The van der Waals surface area contributed by atoms with Crippen molar-refractivity contribution in [2.75, 3.05) is 42.2 Å². The third kappa shape index (κ3) is 5.07. The van der Waals surface area contributed by atoms with E-state index in [4.69, 9.17) is 0 Å². The number of amides is 2. The van der Waals surface area contributed by atoms with Crippen LogP contribution in [0.1, 0.15) is 24.0 Å². The molecule has 0 aliphatic carbocycles. The van der Waals surface area contributed by atoms with Crippen LogP contribution in [0.3, 0.4) is 0 Å². The molecule has 0 saturated carbocycles. The quantitative estimate of drug-likeness (QED) is 0.281. The number of hydrogen-bond donors (Lipinski definition) is 2. The SMILES string of the molecule is CN(C(=O)CN1CCCC1)c1ccc(NC(=C2C(=O)Nc3ccc([N+](=O)[O-])cc32)c2ccccc2)cc1. The van der Waals surface area contributed by atoms with Gasteiger partial charge in [0, 0.05) is 41.8 Å². The van der Waals surface area contributed by atoms with Gasteiger partial charge in [-0.2, -0.15) is 0 Å². The predicted octanol–water partition coefficient (Wildman–Crippen LogP) is 4.59. The zero-order chi connectivity index (χ0) is 25.9. The van der Waals surface area contributed by atoms with Crippen LogP contribution < -0.4 is 15.5 Å². The van der Waals surface area contributed by atoms with Crippen LogP contribution in [-0.4, -0.2) is 48.3 Å². The Morgan fingerprint density at radius 3 is 2.43 bits per heavy atom. The van der Waals surface area contributed by atoms with Gasteiger partial charge in [-0.25, -0.2) is 0 Å². The first-order chi connectivity index (χ1) is 17.9. The molecule has 1 saturated heterocycles. The summed E-state index contributed by atoms with van der Waals surface area (Å²) in [4.78, 5) is 40.5. The largest absolute Gasteiger partial charge is 0.354 e. The molecule has 2 aliphatic heterocycles. The minimum atomic E-state index is -0.476. The molecule has 3 aromatic rings. The maximum absolute atomic E-state index is 13.1. The molecule has 5 rings (SSSR count). The number of nitrogens with zero attached hydrogens (tertiary/aromatic N) is 3. The van der Waals surface area contributed by atoms with Crippen molar-refractivity contribution in [1.82, 2.24) is 4.90 Å². The highest BCUT2D eigenvalue weighted by atomic mass is 16.6. The van der Waals surface area contributed by atoms with Gasteiger partial charge in [0.1, 0.15) is 0 Å². The number of nitrogens with one attached hydrogen (secondary N) is 2. The van der Waals surface area contributed by atoms with Crippen molar-refractivity contribution in [2.45, 2.75) is 12.8 Å². The number of likely N-dealkylation sites (tertiary alicyclic amines) is 1. The minimum absolute atomic E-state index is 0.0375. The number of nitro benzene ring substituents is 1. The number of hydrogen-bond acceptors (Lipinski definition) is 6. The minimum Gasteiger partial charge on any atom is -0.354 e. The molecule has 37 heavy (non-hydrogen) atoms. The number of fused-ring (bicyclic) bond motifs is 1. The van der Waals surface area contributed by atoms with Gasteiger partial charge < -0.3 is 15.5 Å². The van der Waals surface area contributed by atoms with Gasteiger partial charge in [0.25, 0.3) is 11.6 Å². The Hall–Kier alpha value is -4.50. The highest BCUT2D eigenvalue weighted by Gasteiger charge is 2.30. The third-order valence-electron chi connectivity index (χ3n) is 6.73. The standard InChI is InChI=1S/C28H27N5O4/c1-31(25(34)18-32-15-5-6-16-32)21-11-9-20(10-12-21)29-27(19-7-3-2-4-8-19)26-23-17-22(33(36)37)13-14-24(23)30-28(26)35/h2-4,7-14,17,29H,5-6,15-16,18H2,1H3,(H,30,35). The zero-order valence-electron chi connectivity index (χ0n) is 20.4. The fraction of sp³-hybridized carbons (Fsp3) is 0.214. The van der Waals surface area contributed by atoms with E-state index >= 15 is 0 Å². The maximum atomic E-state index is 13.1. The van der Waals surface area contributed by atoms with Crippen molar-refractivity contribution in [3.63, 3.8) is 0 Å². The lowest BCUT2D eigenvalue weighted by atomic mass is 9.99. The summed E-state index contributed by atoms with van der Waals surface area (Å²) in [5, 5.41) is 17.5. The molecule has 2 aliphatic rings. The summed E-state index contributed by atoms with van der Waals surface area (Å²) in [5.41, 5.74) is 3.99. The predicted molar refractivity (Wildman–Crippen MR) is 144 cm³/mol. The van der Waals surface area contributed by atoms with E-state index in [9.17, 15) is 19.7 Å². The Bertz CT molecular complexity index is 1380. The molecule has 0 spiro atoms. The van der Waals surface area contributed by atoms with E-state index in [-0.39, 0.29) is 17.5 Å². The number of carbonyl (C=O) groups excluding carboxylic acids is 2. The van der Waals surface area contributed by atoms with Crippen LogP contribution in [0.15, 0.2) is 72.8 Å². The van der Waals surface area contributed by atoms with Crippen LogP contribution >= 0.6 is 0 Å². The molecule has 0 unspecified atom stereocenters. The Labute approximate surface area is 214 Å². The van der Waals surface area contributed by atoms with Crippen molar-refractivity contribution in [2.24, 2.45) is 0 Å². The first-order valence-electron chi connectivity index (χ1n) is 12.2. The number of carbonyl (C=O) groups is 2. The van der Waals surface area contributed by atoms with Crippen LogP contribution in [0.4, 0.5) is 22.7 Å². The summed E-state index contributed by atoms with van der Waals surface area (Å²) >= 11 is 0. The van der Waals surface area contributed by atoms with Crippen LogP contribution in [0.25, 0.3) is 11.3 Å². The van der Waals surface area contributed by atoms with E-state index in [0.29, 0.717) is 34.8 Å². The summed E-state index contributed by atoms with van der Waals surface area (Å²) in [5.74, 6) is -0.304. The molecule has 2 heterocycles. The normalized spacial score (nSPS) is 16.2. The first-order valence-corrected chi connectivity index (χ1v) is 12.2. The molecule has 2 N–H and O–H groups in total. The van der Waals surface area contributed by atoms with Gasteiger partial charge >= 0.3 is 0 Å². The Kier molecular flexibility index (Phi) is 6.70. The average Bonchev–Trinajstić information content (AvgIpc) is 3.54. The molecule has 0 bridgehead atoms. The highest BCUT2D eigenvalue weighted by Crippen LogP contribution is 2.39. The van der Waals surface area contributed by atoms with E-state index in [1.54, 1.807) is 18.0 Å². The topological polar surface area (TPSA) is 108 Å². The van der Waals surface area contributed by atoms with Crippen molar-refractivity contribution in [3.8, 4) is 0 Å². The maximum Gasteiger partial charge on any atom is 0.270 e. The molecule has 0 aromatic heterocycles. The third-order valence-corrected chi connectivity index (χ3v) is 6.73. The van der Waals surface area contributed by atoms with Crippen molar-refractivity contribution in [1.29, 1.82) is 0 Å². The van der Waals surface area contributed by atoms with Gasteiger partial charge in [-0.1, -0.05) is 30.3 Å². The van der Waals surface area contributed by atoms with Gasteiger partial charge in [-0.05, 0) is 61.8 Å². The lowest BCUT2D eigenvalue weighted by Gasteiger charge is -2.22. The van der Waals surface area contributed by atoms with Crippen molar-refractivity contribution < 1.29 is 14.5 Å². The molecular weight excluding hydrogens is 470 g/mol. The van der Waals surface area contributed by atoms with Crippen LogP contribution in [0.5, 0.6) is 0 Å². The monoisotopic (exact) mass is 497 g/mol. The molecule has 9 nitrogen and oxygen atoms in total. The van der Waals surface area contributed by atoms with Crippen LogP contribution in [0, 0.1) is 10.1 Å². The number of nitro groups is 1. The van der Waals surface area contributed by atoms with Gasteiger partial charge in [0.05, 0.1) is 22.7 Å². The van der Waals surface area contributed by atoms with Gasteiger partial charge in [-0.15, -0.1) is 0 Å². The lowest BCUT2D eigenvalue weighted by molar-refractivity contribution is -0.384. The second-order valence-corrected chi connectivity index (χ2v) is 9.17. The van der Waals surface area contributed by atoms with Gasteiger partial charge in [0.15, 0.2) is 0 Å². The summed E-state index contributed by atoms with van der Waals surface area (Å²) in [6.07, 6.45) is 2.26. The molecule has 3 aromatic carbocycles. The van der Waals surface area contributed by atoms with E-state index in [1.165, 1.54) is 12.1 Å². The second kappa shape index (κ2) is 10.2. The Morgan fingerprint density at radius 2 is 1.76 bits per heavy atom. The molecule has 0 atom stereocenters. The summed E-state index contributed by atoms with van der Waals surface area (Å²) < 4.78 is 0. The molecule has 2 amide bonds. The van der Waals surface area contributed by atoms with Crippen LogP contribution in [0.2, 0.25) is 0 Å². The number of anilines is 3. The Balaban J connectivity index is 1.46. The van der Waals surface area contributed by atoms with Crippen molar-refractivity contribution in [3.05, 3.63) is 94.0 Å². The summed E-state index contributed by atoms with van der Waals surface area (Å²) in [6, 6.07) is 21.1. The Morgan fingerprint density at radius 1 is 1.05 bits per heavy atom. The summed E-state index contributed by atoms with van der Waals surface area (Å²) in [7, 11) is 1.77. The fourth-order valence-electron chi connectivity index (χ4n) is 4.70. The molecule has 9 heteroatoms. The molecule has 188 valence electrons. The molecular formula is C28H27N5O4. The number of rotatable bonds is 7. The average molecular weight is 498 g/mol. The number of benzene rings is 3.